The molecule has 0 radical (unpaired) electrons. The van der Waals surface area contributed by atoms with Crippen molar-refractivity contribution in [1.82, 2.24) is 4.98 Å². The molecule has 1 heterocycles. The second kappa shape index (κ2) is 5.64. The first-order valence-electron chi connectivity index (χ1n) is 5.69. The summed E-state index contributed by atoms with van der Waals surface area (Å²) in [6, 6.07) is 8.27. The van der Waals surface area contributed by atoms with Crippen LogP contribution < -0.4 is 5.32 Å². The molecule has 2 rings (SSSR count). The van der Waals surface area contributed by atoms with Crippen LogP contribution in [0.4, 0.5) is 5.00 Å². The third-order valence-electron chi connectivity index (χ3n) is 2.65. The summed E-state index contributed by atoms with van der Waals surface area (Å²) in [7, 11) is 0. The Morgan fingerprint density at radius 3 is 2.61 bits per heavy atom. The number of hydrogen-bond donors (Lipinski definition) is 2. The lowest BCUT2D eigenvalue weighted by atomic mass is 10.1. The van der Waals surface area contributed by atoms with E-state index >= 15 is 0 Å². The molecule has 0 aliphatic carbocycles. The van der Waals surface area contributed by atoms with Gasteiger partial charge >= 0.3 is 5.97 Å². The summed E-state index contributed by atoms with van der Waals surface area (Å²) in [6.07, 6.45) is 1.02. The lowest BCUT2D eigenvalue weighted by molar-refractivity contribution is 0.0692. The number of nitrogens with one attached hydrogen (secondary N) is 1. The monoisotopic (exact) mass is 262 g/mol. The van der Waals surface area contributed by atoms with E-state index < -0.39 is 5.97 Å². The number of carbonyl (C=O) groups is 1. The number of aromatic carboxylic acids is 1. The summed E-state index contributed by atoms with van der Waals surface area (Å²) in [5.74, 6) is -1.000. The average Bonchev–Trinajstić information content (AvgIpc) is 2.85. The van der Waals surface area contributed by atoms with Crippen LogP contribution in [-0.2, 0) is 13.0 Å². The van der Waals surface area contributed by atoms with E-state index in [9.17, 15) is 4.79 Å². The van der Waals surface area contributed by atoms with E-state index in [4.69, 9.17) is 5.11 Å². The summed E-state index contributed by atoms with van der Waals surface area (Å²) in [5, 5.41) is 12.6. The molecule has 2 N–H and O–H groups in total. The number of nitrogens with zero attached hydrogens (tertiary/aromatic N) is 1. The van der Waals surface area contributed by atoms with Crippen LogP contribution in [0, 0.1) is 0 Å². The molecule has 94 valence electrons. The van der Waals surface area contributed by atoms with Crippen LogP contribution in [0.1, 0.15) is 28.5 Å². The third kappa shape index (κ3) is 2.87. The van der Waals surface area contributed by atoms with E-state index in [0.717, 1.165) is 12.0 Å². The van der Waals surface area contributed by atoms with E-state index in [1.807, 2.05) is 12.1 Å². The first-order chi connectivity index (χ1) is 8.70. The quantitative estimate of drug-likeness (QED) is 0.869. The Bertz CT molecular complexity index is 534. The average molecular weight is 262 g/mol. The molecule has 0 saturated carbocycles. The maximum absolute atomic E-state index is 10.9. The molecule has 2 aromatic rings. The Hall–Kier alpha value is -1.88. The predicted octanol–water partition coefficient (Wildman–Crippen LogP) is 3.02. The van der Waals surface area contributed by atoms with E-state index in [2.05, 4.69) is 29.4 Å². The lowest BCUT2D eigenvalue weighted by Crippen LogP contribution is -2.04. The van der Waals surface area contributed by atoms with Gasteiger partial charge in [0.25, 0.3) is 0 Å². The number of thiazole rings is 1. The van der Waals surface area contributed by atoms with Crippen LogP contribution in [0.25, 0.3) is 0 Å². The molecule has 1 aromatic carbocycles. The first-order valence-corrected chi connectivity index (χ1v) is 6.57. The van der Waals surface area contributed by atoms with Crippen LogP contribution in [0.3, 0.4) is 0 Å². The maximum Gasteiger partial charge on any atom is 0.357 e. The van der Waals surface area contributed by atoms with Crippen LogP contribution >= 0.6 is 11.3 Å². The van der Waals surface area contributed by atoms with Crippen molar-refractivity contribution >= 4 is 22.3 Å². The summed E-state index contributed by atoms with van der Waals surface area (Å²) in [4.78, 5) is 14.7. The molecule has 0 bridgehead atoms. The summed E-state index contributed by atoms with van der Waals surface area (Å²) in [5.41, 5.74) is 4.04. The highest BCUT2D eigenvalue weighted by molar-refractivity contribution is 7.14. The minimum Gasteiger partial charge on any atom is -0.476 e. The van der Waals surface area contributed by atoms with E-state index in [0.29, 0.717) is 11.5 Å². The number of rotatable bonds is 5. The first kappa shape index (κ1) is 12.6. The molecule has 1 aromatic heterocycles. The molecule has 0 saturated heterocycles. The Kier molecular flexibility index (Phi) is 3.94. The van der Waals surface area contributed by atoms with Gasteiger partial charge in [-0.15, -0.1) is 11.3 Å². The number of carboxylic acid groups (broad SMARTS) is 1. The van der Waals surface area contributed by atoms with Gasteiger partial charge in [0.1, 0.15) is 5.00 Å². The fraction of sp³-hybridized carbons (Fsp3) is 0.231. The summed E-state index contributed by atoms with van der Waals surface area (Å²) in [6.45, 7) is 2.72. The van der Waals surface area contributed by atoms with Gasteiger partial charge in [0.15, 0.2) is 5.69 Å². The van der Waals surface area contributed by atoms with E-state index in [-0.39, 0.29) is 5.69 Å². The Labute approximate surface area is 109 Å². The molecule has 0 fully saturated rings. The molecular formula is C13H14N2O2S. The van der Waals surface area contributed by atoms with Crippen molar-refractivity contribution in [2.45, 2.75) is 19.9 Å². The number of carboxylic acids is 1. The molecule has 5 heteroatoms. The maximum atomic E-state index is 10.9. The number of hydrogen-bond acceptors (Lipinski definition) is 4. The fourth-order valence-electron chi connectivity index (χ4n) is 1.60. The molecular weight excluding hydrogens is 248 g/mol. The highest BCUT2D eigenvalue weighted by Gasteiger charge is 2.12. The van der Waals surface area contributed by atoms with Crippen LogP contribution in [0.15, 0.2) is 29.8 Å². The third-order valence-corrected chi connectivity index (χ3v) is 3.44. The minimum atomic E-state index is -1.000. The molecule has 0 unspecified atom stereocenters. The van der Waals surface area contributed by atoms with Gasteiger partial charge in [0.05, 0.1) is 5.51 Å². The highest BCUT2D eigenvalue weighted by Crippen LogP contribution is 2.20. The van der Waals surface area contributed by atoms with Crippen molar-refractivity contribution < 1.29 is 9.90 Å². The van der Waals surface area contributed by atoms with Gasteiger partial charge in [0.2, 0.25) is 0 Å². The van der Waals surface area contributed by atoms with Crippen molar-refractivity contribution in [3.05, 3.63) is 46.6 Å². The van der Waals surface area contributed by atoms with Gasteiger partial charge in [-0.05, 0) is 17.5 Å². The lowest BCUT2D eigenvalue weighted by Gasteiger charge is -2.05. The number of benzene rings is 1. The zero-order valence-electron chi connectivity index (χ0n) is 10.0. The second-order valence-electron chi connectivity index (χ2n) is 3.86. The van der Waals surface area contributed by atoms with Gasteiger partial charge < -0.3 is 10.4 Å². The van der Waals surface area contributed by atoms with Crippen LogP contribution in [-0.4, -0.2) is 16.1 Å². The largest absolute Gasteiger partial charge is 0.476 e. The number of aromatic nitrogens is 1. The van der Waals surface area contributed by atoms with Gasteiger partial charge in [-0.25, -0.2) is 9.78 Å². The van der Waals surface area contributed by atoms with Crippen molar-refractivity contribution in [1.29, 1.82) is 0 Å². The molecule has 0 spiro atoms. The number of anilines is 1. The van der Waals surface area contributed by atoms with E-state index in [1.165, 1.54) is 22.4 Å². The molecule has 0 amide bonds. The smallest absolute Gasteiger partial charge is 0.357 e. The normalized spacial score (nSPS) is 10.3. The zero-order chi connectivity index (χ0) is 13.0. The Morgan fingerprint density at radius 1 is 1.33 bits per heavy atom. The molecule has 18 heavy (non-hydrogen) atoms. The van der Waals surface area contributed by atoms with Gasteiger partial charge in [0, 0.05) is 6.54 Å². The molecule has 4 nitrogen and oxygen atoms in total. The Morgan fingerprint density at radius 2 is 2.00 bits per heavy atom. The van der Waals surface area contributed by atoms with Crippen LogP contribution in [0.2, 0.25) is 0 Å². The van der Waals surface area contributed by atoms with Crippen molar-refractivity contribution in [2.75, 3.05) is 5.32 Å². The standard InChI is InChI=1S/C13H14N2O2S/c1-2-9-3-5-10(6-4-9)7-14-12-11(13(16)17)15-8-18-12/h3-6,8,14H,2,7H2,1H3,(H,16,17). The van der Waals surface area contributed by atoms with Crippen molar-refractivity contribution in [3.8, 4) is 0 Å². The second-order valence-corrected chi connectivity index (χ2v) is 4.71. The fourth-order valence-corrected chi connectivity index (χ4v) is 2.27. The number of aryl methyl sites for hydroxylation is 1. The minimum absolute atomic E-state index is 0.0881. The van der Waals surface area contributed by atoms with Gasteiger partial charge in [-0.1, -0.05) is 31.2 Å². The van der Waals surface area contributed by atoms with Crippen molar-refractivity contribution in [3.63, 3.8) is 0 Å². The molecule has 0 atom stereocenters. The van der Waals surface area contributed by atoms with Crippen LogP contribution in [0.5, 0.6) is 0 Å². The molecule has 0 aliphatic rings. The zero-order valence-corrected chi connectivity index (χ0v) is 10.8. The molecule has 0 aliphatic heterocycles. The topological polar surface area (TPSA) is 62.2 Å². The Balaban J connectivity index is 2.02. The van der Waals surface area contributed by atoms with E-state index in [1.54, 1.807) is 0 Å². The summed E-state index contributed by atoms with van der Waals surface area (Å²) < 4.78 is 0. The SMILES string of the molecule is CCc1ccc(CNc2scnc2C(=O)O)cc1. The van der Waals surface area contributed by atoms with Gasteiger partial charge in [-0.3, -0.25) is 0 Å². The summed E-state index contributed by atoms with van der Waals surface area (Å²) >= 11 is 1.30. The highest BCUT2D eigenvalue weighted by atomic mass is 32.1. The van der Waals surface area contributed by atoms with Crippen molar-refractivity contribution in [2.24, 2.45) is 0 Å². The predicted molar refractivity (Wildman–Crippen MR) is 72.2 cm³/mol. The van der Waals surface area contributed by atoms with Gasteiger partial charge in [-0.2, -0.15) is 0 Å².